The van der Waals surface area contributed by atoms with E-state index in [0.717, 1.165) is 5.56 Å². The number of aryl methyl sites for hydroxylation is 1. The Labute approximate surface area is 100 Å². The first kappa shape index (κ1) is 13.0. The van der Waals surface area contributed by atoms with Crippen LogP contribution in [0.3, 0.4) is 0 Å². The van der Waals surface area contributed by atoms with E-state index in [1.54, 1.807) is 18.2 Å². The van der Waals surface area contributed by atoms with E-state index in [1.165, 1.54) is 0 Å². The largest absolute Gasteiger partial charge is 0.394 e. The molecule has 4 heteroatoms. The van der Waals surface area contributed by atoms with Gasteiger partial charge in [-0.15, -0.1) is 0 Å². The lowest BCUT2D eigenvalue weighted by atomic mass is 10.1. The van der Waals surface area contributed by atoms with Gasteiger partial charge in [0.15, 0.2) is 0 Å². The Bertz CT molecular complexity index is 375. The number of carbonyl (C=O) groups excluding carboxylic acids is 1. The van der Waals surface area contributed by atoms with Gasteiger partial charge in [0, 0.05) is 10.6 Å². The number of carbonyl (C=O) groups is 1. The first-order valence-corrected chi connectivity index (χ1v) is 5.64. The highest BCUT2D eigenvalue weighted by Crippen LogP contribution is 2.15. The molecule has 88 valence electrons. The summed E-state index contributed by atoms with van der Waals surface area (Å²) in [4.78, 5) is 11.9. The van der Waals surface area contributed by atoms with E-state index in [-0.39, 0.29) is 18.6 Å². The summed E-state index contributed by atoms with van der Waals surface area (Å²) in [6, 6.07) is 4.98. The minimum atomic E-state index is -0.203. The number of nitrogens with one attached hydrogen (secondary N) is 1. The number of hydrogen-bond donors (Lipinski definition) is 2. The van der Waals surface area contributed by atoms with Crippen molar-refractivity contribution in [3.8, 4) is 0 Å². The second kappa shape index (κ2) is 5.87. The molecule has 0 saturated heterocycles. The van der Waals surface area contributed by atoms with Crippen LogP contribution in [0.15, 0.2) is 18.2 Å². The summed E-state index contributed by atoms with van der Waals surface area (Å²) in [6.45, 7) is 3.71. The zero-order chi connectivity index (χ0) is 12.1. The van der Waals surface area contributed by atoms with Gasteiger partial charge in [0.25, 0.3) is 5.91 Å². The molecule has 0 radical (unpaired) electrons. The normalized spacial score (nSPS) is 12.2. The minimum Gasteiger partial charge on any atom is -0.394 e. The highest BCUT2D eigenvalue weighted by Gasteiger charge is 2.13. The van der Waals surface area contributed by atoms with Gasteiger partial charge in [-0.1, -0.05) is 24.6 Å². The van der Waals surface area contributed by atoms with E-state index in [2.05, 4.69) is 5.32 Å². The summed E-state index contributed by atoms with van der Waals surface area (Å²) in [7, 11) is 0. The first-order chi connectivity index (χ1) is 7.58. The van der Waals surface area contributed by atoms with Crippen LogP contribution in [-0.2, 0) is 0 Å². The molecule has 1 aromatic carbocycles. The van der Waals surface area contributed by atoms with Gasteiger partial charge in [-0.25, -0.2) is 0 Å². The van der Waals surface area contributed by atoms with Crippen LogP contribution < -0.4 is 5.32 Å². The van der Waals surface area contributed by atoms with Crippen molar-refractivity contribution >= 4 is 17.5 Å². The van der Waals surface area contributed by atoms with Gasteiger partial charge in [-0.2, -0.15) is 0 Å². The smallest absolute Gasteiger partial charge is 0.251 e. The van der Waals surface area contributed by atoms with Crippen molar-refractivity contribution < 1.29 is 9.90 Å². The Hall–Kier alpha value is -1.06. The third-order valence-corrected chi connectivity index (χ3v) is 2.73. The summed E-state index contributed by atoms with van der Waals surface area (Å²) in [5.41, 5.74) is 1.43. The van der Waals surface area contributed by atoms with Gasteiger partial charge >= 0.3 is 0 Å². The second-order valence-corrected chi connectivity index (χ2v) is 4.16. The molecule has 1 rings (SSSR count). The molecule has 0 saturated carbocycles. The second-order valence-electron chi connectivity index (χ2n) is 3.72. The van der Waals surface area contributed by atoms with Crippen LogP contribution in [0, 0.1) is 6.92 Å². The number of aliphatic hydroxyl groups is 1. The molecule has 3 nitrogen and oxygen atoms in total. The molecule has 0 heterocycles. The molecule has 1 unspecified atom stereocenters. The van der Waals surface area contributed by atoms with Crippen molar-refractivity contribution in [2.24, 2.45) is 0 Å². The van der Waals surface area contributed by atoms with Crippen LogP contribution in [0.25, 0.3) is 0 Å². The fourth-order valence-corrected chi connectivity index (χ4v) is 1.55. The van der Waals surface area contributed by atoms with Crippen molar-refractivity contribution in [1.82, 2.24) is 5.32 Å². The zero-order valence-electron chi connectivity index (χ0n) is 9.46. The molecular formula is C12H16ClNO2. The summed E-state index contributed by atoms with van der Waals surface area (Å²) >= 11 is 5.84. The average Bonchev–Trinajstić information content (AvgIpc) is 2.28. The third-order valence-electron chi connectivity index (χ3n) is 2.49. The Balaban J connectivity index is 2.83. The van der Waals surface area contributed by atoms with E-state index < -0.39 is 0 Å². The predicted octanol–water partition coefficient (Wildman–Crippen LogP) is 2.15. The first-order valence-electron chi connectivity index (χ1n) is 5.26. The number of hydrogen-bond acceptors (Lipinski definition) is 2. The SMILES string of the molecule is CCC(CO)NC(=O)c1cc(Cl)ccc1C. The van der Waals surface area contributed by atoms with Crippen LogP contribution in [0.2, 0.25) is 5.02 Å². The van der Waals surface area contributed by atoms with Crippen LogP contribution in [0.5, 0.6) is 0 Å². The molecule has 1 atom stereocenters. The number of rotatable bonds is 4. The van der Waals surface area contributed by atoms with Crippen LogP contribution >= 0.6 is 11.6 Å². The topological polar surface area (TPSA) is 49.3 Å². The monoisotopic (exact) mass is 241 g/mol. The number of halogens is 1. The molecule has 2 N–H and O–H groups in total. The quantitative estimate of drug-likeness (QED) is 0.849. The van der Waals surface area contributed by atoms with E-state index in [4.69, 9.17) is 16.7 Å². The molecule has 1 amide bonds. The Morgan fingerprint density at radius 2 is 2.25 bits per heavy atom. The maximum absolute atomic E-state index is 11.9. The minimum absolute atomic E-state index is 0.0537. The lowest BCUT2D eigenvalue weighted by Gasteiger charge is -2.15. The Morgan fingerprint density at radius 3 is 2.81 bits per heavy atom. The summed E-state index contributed by atoms with van der Waals surface area (Å²) in [5, 5.41) is 12.3. The molecule has 0 aliphatic rings. The van der Waals surface area contributed by atoms with Gasteiger partial charge in [-0.05, 0) is 31.0 Å². The molecule has 0 aliphatic carbocycles. The fourth-order valence-electron chi connectivity index (χ4n) is 1.38. The Morgan fingerprint density at radius 1 is 1.56 bits per heavy atom. The van der Waals surface area contributed by atoms with E-state index in [9.17, 15) is 4.79 Å². The highest BCUT2D eigenvalue weighted by molar-refractivity contribution is 6.31. The molecule has 0 fully saturated rings. The molecule has 0 aromatic heterocycles. The predicted molar refractivity (Wildman–Crippen MR) is 64.8 cm³/mol. The van der Waals surface area contributed by atoms with Crippen LogP contribution in [0.4, 0.5) is 0 Å². The van der Waals surface area contributed by atoms with Gasteiger partial charge in [0.05, 0.1) is 12.6 Å². The van der Waals surface area contributed by atoms with Gasteiger partial charge < -0.3 is 10.4 Å². The molecule has 0 bridgehead atoms. The summed E-state index contributed by atoms with van der Waals surface area (Å²) in [5.74, 6) is -0.194. The maximum Gasteiger partial charge on any atom is 0.251 e. The van der Waals surface area contributed by atoms with Crippen LogP contribution in [0.1, 0.15) is 29.3 Å². The fraction of sp³-hybridized carbons (Fsp3) is 0.417. The van der Waals surface area contributed by atoms with Crippen molar-refractivity contribution in [2.75, 3.05) is 6.61 Å². The number of aliphatic hydroxyl groups excluding tert-OH is 1. The van der Waals surface area contributed by atoms with Gasteiger partial charge in [-0.3, -0.25) is 4.79 Å². The number of benzene rings is 1. The van der Waals surface area contributed by atoms with Crippen molar-refractivity contribution in [1.29, 1.82) is 0 Å². The van der Waals surface area contributed by atoms with Crippen molar-refractivity contribution in [3.05, 3.63) is 34.3 Å². The lowest BCUT2D eigenvalue weighted by molar-refractivity contribution is 0.0914. The zero-order valence-corrected chi connectivity index (χ0v) is 10.2. The van der Waals surface area contributed by atoms with Gasteiger partial charge in [0.2, 0.25) is 0 Å². The van der Waals surface area contributed by atoms with Crippen LogP contribution in [-0.4, -0.2) is 23.7 Å². The maximum atomic E-state index is 11.9. The van der Waals surface area contributed by atoms with Gasteiger partial charge in [0.1, 0.15) is 0 Å². The summed E-state index contributed by atoms with van der Waals surface area (Å²) < 4.78 is 0. The third kappa shape index (κ3) is 3.22. The van der Waals surface area contributed by atoms with Crippen molar-refractivity contribution in [2.45, 2.75) is 26.3 Å². The standard InChI is InChI=1S/C12H16ClNO2/c1-3-10(7-15)14-12(16)11-6-9(13)5-4-8(11)2/h4-6,10,15H,3,7H2,1-2H3,(H,14,16). The average molecular weight is 242 g/mol. The Kier molecular flexibility index (Phi) is 4.77. The molecular weight excluding hydrogens is 226 g/mol. The number of amides is 1. The lowest BCUT2D eigenvalue weighted by Crippen LogP contribution is -2.37. The van der Waals surface area contributed by atoms with Crippen molar-refractivity contribution in [3.63, 3.8) is 0 Å². The molecule has 0 aliphatic heterocycles. The van der Waals surface area contributed by atoms with E-state index in [0.29, 0.717) is 17.0 Å². The summed E-state index contributed by atoms with van der Waals surface area (Å²) in [6.07, 6.45) is 0.696. The van der Waals surface area contributed by atoms with E-state index >= 15 is 0 Å². The highest BCUT2D eigenvalue weighted by atomic mass is 35.5. The van der Waals surface area contributed by atoms with E-state index in [1.807, 2.05) is 13.8 Å². The molecule has 0 spiro atoms. The molecule has 16 heavy (non-hydrogen) atoms. The molecule has 1 aromatic rings.